The summed E-state index contributed by atoms with van der Waals surface area (Å²) in [7, 11) is 0. The molecule has 4 heteroatoms. The molecule has 0 unspecified atom stereocenters. The SMILES string of the molecule is CCC(N)(CC)C(=O)NCCCCSC. The average Bonchev–Trinajstić information content (AvgIpc) is 2.27. The number of hydrogen-bond donors (Lipinski definition) is 2. The monoisotopic (exact) mass is 232 g/mol. The molecule has 0 aliphatic rings. The van der Waals surface area contributed by atoms with Gasteiger partial charge in [0.2, 0.25) is 5.91 Å². The Kier molecular flexibility index (Phi) is 7.88. The summed E-state index contributed by atoms with van der Waals surface area (Å²) >= 11 is 1.84. The molecule has 0 aromatic carbocycles. The molecule has 15 heavy (non-hydrogen) atoms. The summed E-state index contributed by atoms with van der Waals surface area (Å²) in [4.78, 5) is 11.7. The van der Waals surface area contributed by atoms with Crippen LogP contribution < -0.4 is 11.1 Å². The van der Waals surface area contributed by atoms with Crippen molar-refractivity contribution in [2.45, 2.75) is 45.1 Å². The van der Waals surface area contributed by atoms with Gasteiger partial charge in [-0.2, -0.15) is 11.8 Å². The Morgan fingerprint density at radius 1 is 1.33 bits per heavy atom. The molecule has 0 fully saturated rings. The second-order valence-corrected chi connectivity index (χ2v) is 4.80. The summed E-state index contributed by atoms with van der Waals surface area (Å²) in [5.41, 5.74) is 5.30. The van der Waals surface area contributed by atoms with E-state index in [1.165, 1.54) is 0 Å². The Morgan fingerprint density at radius 2 is 1.93 bits per heavy atom. The Bertz CT molecular complexity index is 181. The fourth-order valence-electron chi connectivity index (χ4n) is 1.32. The maximum absolute atomic E-state index is 11.7. The first kappa shape index (κ1) is 14.8. The van der Waals surface area contributed by atoms with Crippen molar-refractivity contribution in [2.24, 2.45) is 5.73 Å². The fraction of sp³-hybridized carbons (Fsp3) is 0.909. The number of thioether (sulfide) groups is 1. The number of carbonyl (C=O) groups is 1. The van der Waals surface area contributed by atoms with Crippen LogP contribution in [0.15, 0.2) is 0 Å². The van der Waals surface area contributed by atoms with Crippen molar-refractivity contribution in [1.82, 2.24) is 5.32 Å². The Labute approximate surface area is 97.6 Å². The number of carbonyl (C=O) groups excluding carboxylic acids is 1. The molecule has 0 aliphatic heterocycles. The minimum Gasteiger partial charge on any atom is -0.355 e. The summed E-state index contributed by atoms with van der Waals surface area (Å²) in [5.74, 6) is 1.15. The van der Waals surface area contributed by atoms with E-state index in [1.54, 1.807) is 0 Å². The molecule has 0 rings (SSSR count). The van der Waals surface area contributed by atoms with Crippen LogP contribution in [0.1, 0.15) is 39.5 Å². The first-order chi connectivity index (χ1) is 7.10. The maximum atomic E-state index is 11.7. The van der Waals surface area contributed by atoms with Crippen LogP contribution in [0.25, 0.3) is 0 Å². The highest BCUT2D eigenvalue weighted by Crippen LogP contribution is 2.10. The third-order valence-electron chi connectivity index (χ3n) is 2.77. The quantitative estimate of drug-likeness (QED) is 0.627. The summed E-state index contributed by atoms with van der Waals surface area (Å²) in [6.45, 7) is 4.66. The molecular weight excluding hydrogens is 208 g/mol. The van der Waals surface area contributed by atoms with Crippen molar-refractivity contribution in [2.75, 3.05) is 18.6 Å². The molecule has 0 aromatic heterocycles. The zero-order valence-corrected chi connectivity index (χ0v) is 11.0. The van der Waals surface area contributed by atoms with Crippen LogP contribution in [0, 0.1) is 0 Å². The van der Waals surface area contributed by atoms with E-state index in [0.29, 0.717) is 12.8 Å². The van der Waals surface area contributed by atoms with Crippen LogP contribution in [0.2, 0.25) is 0 Å². The van der Waals surface area contributed by atoms with E-state index in [4.69, 9.17) is 5.73 Å². The zero-order valence-electron chi connectivity index (χ0n) is 10.1. The van der Waals surface area contributed by atoms with Gasteiger partial charge in [-0.3, -0.25) is 4.79 Å². The minimum absolute atomic E-state index is 0.00310. The highest BCUT2D eigenvalue weighted by Gasteiger charge is 2.29. The molecule has 0 spiro atoms. The van der Waals surface area contributed by atoms with Crippen molar-refractivity contribution in [3.05, 3.63) is 0 Å². The summed E-state index contributed by atoms with van der Waals surface area (Å²) in [5, 5.41) is 2.91. The van der Waals surface area contributed by atoms with Gasteiger partial charge in [-0.1, -0.05) is 13.8 Å². The molecule has 0 saturated heterocycles. The van der Waals surface area contributed by atoms with Crippen LogP contribution in [-0.4, -0.2) is 30.0 Å². The van der Waals surface area contributed by atoms with Crippen LogP contribution >= 0.6 is 11.8 Å². The molecule has 0 heterocycles. The van der Waals surface area contributed by atoms with Crippen LogP contribution in [-0.2, 0) is 4.79 Å². The van der Waals surface area contributed by atoms with E-state index in [2.05, 4.69) is 11.6 Å². The van der Waals surface area contributed by atoms with Crippen LogP contribution in [0.4, 0.5) is 0 Å². The third-order valence-corrected chi connectivity index (χ3v) is 3.47. The molecule has 0 bridgehead atoms. The van der Waals surface area contributed by atoms with E-state index in [-0.39, 0.29) is 5.91 Å². The lowest BCUT2D eigenvalue weighted by Crippen LogP contribution is -2.53. The normalized spacial score (nSPS) is 11.5. The van der Waals surface area contributed by atoms with Crippen molar-refractivity contribution < 1.29 is 4.79 Å². The third kappa shape index (κ3) is 5.42. The van der Waals surface area contributed by atoms with Gasteiger partial charge in [0, 0.05) is 6.54 Å². The van der Waals surface area contributed by atoms with E-state index >= 15 is 0 Å². The van der Waals surface area contributed by atoms with Gasteiger partial charge in [-0.05, 0) is 37.7 Å². The number of nitrogens with one attached hydrogen (secondary N) is 1. The number of amides is 1. The van der Waals surface area contributed by atoms with Crippen molar-refractivity contribution in [3.8, 4) is 0 Å². The predicted octanol–water partition coefficient (Wildman–Crippen LogP) is 1.76. The fourth-order valence-corrected chi connectivity index (χ4v) is 1.81. The van der Waals surface area contributed by atoms with Gasteiger partial charge in [-0.15, -0.1) is 0 Å². The Hall–Kier alpha value is -0.220. The van der Waals surface area contributed by atoms with E-state index in [9.17, 15) is 4.79 Å². The highest BCUT2D eigenvalue weighted by atomic mass is 32.2. The first-order valence-electron chi connectivity index (χ1n) is 5.66. The highest BCUT2D eigenvalue weighted by molar-refractivity contribution is 7.98. The van der Waals surface area contributed by atoms with E-state index in [1.807, 2.05) is 25.6 Å². The molecule has 0 radical (unpaired) electrons. The predicted molar refractivity (Wildman–Crippen MR) is 68.1 cm³/mol. The standard InChI is InChI=1S/C11H24N2OS/c1-4-11(12,5-2)10(14)13-8-6-7-9-15-3/h4-9,12H2,1-3H3,(H,13,14). The van der Waals surface area contributed by atoms with Gasteiger partial charge in [0.05, 0.1) is 5.54 Å². The van der Waals surface area contributed by atoms with Gasteiger partial charge in [0.1, 0.15) is 0 Å². The minimum atomic E-state index is -0.667. The smallest absolute Gasteiger partial charge is 0.240 e. The average molecular weight is 232 g/mol. The molecule has 0 saturated carbocycles. The maximum Gasteiger partial charge on any atom is 0.240 e. The molecule has 3 N–H and O–H groups in total. The molecule has 0 aliphatic carbocycles. The topological polar surface area (TPSA) is 55.1 Å². The second-order valence-electron chi connectivity index (χ2n) is 3.82. The van der Waals surface area contributed by atoms with Crippen molar-refractivity contribution >= 4 is 17.7 Å². The van der Waals surface area contributed by atoms with Gasteiger partial charge >= 0.3 is 0 Å². The van der Waals surface area contributed by atoms with Gasteiger partial charge in [-0.25, -0.2) is 0 Å². The first-order valence-corrected chi connectivity index (χ1v) is 7.06. The molecular formula is C11H24N2OS. The molecule has 90 valence electrons. The largest absolute Gasteiger partial charge is 0.355 e. The number of rotatable bonds is 8. The summed E-state index contributed by atoms with van der Waals surface area (Å²) in [6, 6.07) is 0. The molecule has 0 atom stereocenters. The lowest BCUT2D eigenvalue weighted by Gasteiger charge is -2.25. The molecule has 1 amide bonds. The van der Waals surface area contributed by atoms with Crippen molar-refractivity contribution in [3.63, 3.8) is 0 Å². The lowest BCUT2D eigenvalue weighted by atomic mass is 9.93. The second kappa shape index (κ2) is 7.99. The van der Waals surface area contributed by atoms with Crippen LogP contribution in [0.5, 0.6) is 0 Å². The number of hydrogen-bond acceptors (Lipinski definition) is 3. The van der Waals surface area contributed by atoms with Gasteiger partial charge in [0.25, 0.3) is 0 Å². The lowest BCUT2D eigenvalue weighted by molar-refractivity contribution is -0.126. The number of unbranched alkanes of at least 4 members (excludes halogenated alkanes) is 1. The zero-order chi connectivity index (χ0) is 11.7. The summed E-state index contributed by atoms with van der Waals surface area (Å²) in [6.07, 6.45) is 5.67. The van der Waals surface area contributed by atoms with E-state index < -0.39 is 5.54 Å². The van der Waals surface area contributed by atoms with Crippen LogP contribution in [0.3, 0.4) is 0 Å². The van der Waals surface area contributed by atoms with Gasteiger partial charge < -0.3 is 11.1 Å². The molecule has 0 aromatic rings. The molecule has 3 nitrogen and oxygen atoms in total. The van der Waals surface area contributed by atoms with Crippen molar-refractivity contribution in [1.29, 1.82) is 0 Å². The summed E-state index contributed by atoms with van der Waals surface area (Å²) < 4.78 is 0. The Morgan fingerprint density at radius 3 is 2.40 bits per heavy atom. The number of nitrogens with two attached hydrogens (primary N) is 1. The van der Waals surface area contributed by atoms with E-state index in [0.717, 1.165) is 25.1 Å². The Balaban J connectivity index is 3.73. The van der Waals surface area contributed by atoms with Gasteiger partial charge in [0.15, 0.2) is 0 Å².